The first-order valence-electron chi connectivity index (χ1n) is 5.40. The molecule has 0 aliphatic heterocycles. The number of benzene rings is 2. The van der Waals surface area contributed by atoms with Crippen molar-refractivity contribution in [1.82, 2.24) is 0 Å². The van der Waals surface area contributed by atoms with Crippen molar-refractivity contribution < 1.29 is 8.42 Å². The number of hydrogen-bond acceptors (Lipinski definition) is 4. The number of rotatable bonds is 3. The molecule has 6 heteroatoms. The Morgan fingerprint density at radius 2 is 1.68 bits per heavy atom. The van der Waals surface area contributed by atoms with Crippen LogP contribution in [-0.2, 0) is 10.0 Å². The fraction of sp³-hybridized carbons (Fsp3) is 0. The molecule has 0 radical (unpaired) electrons. The fourth-order valence-electron chi connectivity index (χ4n) is 1.52. The number of para-hydroxylation sites is 1. The number of nitrogen functional groups attached to an aromatic ring is 1. The van der Waals surface area contributed by atoms with Crippen LogP contribution in [0.1, 0.15) is 5.56 Å². The normalized spacial score (nSPS) is 10.7. The maximum Gasteiger partial charge on any atom is 0.261 e. The van der Waals surface area contributed by atoms with E-state index in [1.54, 1.807) is 18.2 Å². The minimum absolute atomic E-state index is 0.0921. The van der Waals surface area contributed by atoms with Crippen molar-refractivity contribution in [2.24, 2.45) is 0 Å². The van der Waals surface area contributed by atoms with E-state index in [1.807, 2.05) is 6.07 Å². The van der Waals surface area contributed by atoms with Crippen LogP contribution in [0.4, 0.5) is 11.4 Å². The van der Waals surface area contributed by atoms with Gasteiger partial charge in [0.2, 0.25) is 0 Å². The number of nitrogens with zero attached hydrogens (tertiary/aromatic N) is 1. The molecule has 0 fully saturated rings. The maximum atomic E-state index is 12.1. The summed E-state index contributed by atoms with van der Waals surface area (Å²) in [4.78, 5) is 0.0921. The van der Waals surface area contributed by atoms with Crippen LogP contribution in [0.15, 0.2) is 53.4 Å². The molecule has 0 saturated carbocycles. The Kier molecular flexibility index (Phi) is 3.40. The van der Waals surface area contributed by atoms with Crippen molar-refractivity contribution in [2.45, 2.75) is 4.90 Å². The zero-order chi connectivity index (χ0) is 13.9. The lowest BCUT2D eigenvalue weighted by Gasteiger charge is -2.09. The van der Waals surface area contributed by atoms with E-state index in [2.05, 4.69) is 4.72 Å². The third-order valence-electron chi connectivity index (χ3n) is 2.48. The molecule has 2 aromatic carbocycles. The minimum atomic E-state index is -3.72. The molecule has 19 heavy (non-hydrogen) atoms. The summed E-state index contributed by atoms with van der Waals surface area (Å²) >= 11 is 0. The lowest BCUT2D eigenvalue weighted by molar-refractivity contribution is 0.601. The molecule has 2 rings (SSSR count). The summed E-state index contributed by atoms with van der Waals surface area (Å²) in [6, 6.07) is 14.2. The molecule has 0 unspecified atom stereocenters. The first-order valence-corrected chi connectivity index (χ1v) is 6.89. The van der Waals surface area contributed by atoms with Gasteiger partial charge in [0.25, 0.3) is 10.0 Å². The van der Waals surface area contributed by atoms with E-state index >= 15 is 0 Å². The summed E-state index contributed by atoms with van der Waals surface area (Å²) in [5.74, 6) is 0. The Labute approximate surface area is 111 Å². The topological polar surface area (TPSA) is 96.0 Å². The molecule has 0 amide bonds. The van der Waals surface area contributed by atoms with E-state index in [9.17, 15) is 8.42 Å². The quantitative estimate of drug-likeness (QED) is 0.835. The van der Waals surface area contributed by atoms with Gasteiger partial charge in [0.1, 0.15) is 6.07 Å². The van der Waals surface area contributed by atoms with Gasteiger partial charge in [-0.3, -0.25) is 4.72 Å². The summed E-state index contributed by atoms with van der Waals surface area (Å²) in [6.07, 6.45) is 0. The SMILES string of the molecule is N#Cc1ccccc1NS(=O)(=O)c1ccc(N)cc1. The average molecular weight is 273 g/mol. The van der Waals surface area contributed by atoms with Gasteiger partial charge in [-0.15, -0.1) is 0 Å². The molecule has 0 aliphatic rings. The lowest BCUT2D eigenvalue weighted by Crippen LogP contribution is -2.13. The second kappa shape index (κ2) is 5.00. The lowest BCUT2D eigenvalue weighted by atomic mass is 10.2. The summed E-state index contributed by atoms with van der Waals surface area (Å²) in [5, 5.41) is 8.92. The summed E-state index contributed by atoms with van der Waals surface area (Å²) in [6.45, 7) is 0. The van der Waals surface area contributed by atoms with Crippen molar-refractivity contribution in [1.29, 1.82) is 5.26 Å². The Hall–Kier alpha value is -2.52. The minimum Gasteiger partial charge on any atom is -0.399 e. The van der Waals surface area contributed by atoms with E-state index in [0.717, 1.165) is 0 Å². The number of nitriles is 1. The van der Waals surface area contributed by atoms with Crippen LogP contribution in [0.5, 0.6) is 0 Å². The van der Waals surface area contributed by atoms with Crippen LogP contribution in [0.2, 0.25) is 0 Å². The first kappa shape index (κ1) is 12.9. The number of sulfonamides is 1. The Morgan fingerprint density at radius 1 is 1.05 bits per heavy atom. The van der Waals surface area contributed by atoms with Crippen LogP contribution in [0.3, 0.4) is 0 Å². The molecule has 2 aromatic rings. The van der Waals surface area contributed by atoms with Crippen LogP contribution in [0.25, 0.3) is 0 Å². The molecular formula is C13H11N3O2S. The predicted molar refractivity (Wildman–Crippen MR) is 72.8 cm³/mol. The van der Waals surface area contributed by atoms with Crippen LogP contribution < -0.4 is 10.5 Å². The molecule has 0 bridgehead atoms. The third kappa shape index (κ3) is 2.84. The van der Waals surface area contributed by atoms with Crippen molar-refractivity contribution in [2.75, 3.05) is 10.5 Å². The highest BCUT2D eigenvalue weighted by atomic mass is 32.2. The van der Waals surface area contributed by atoms with Gasteiger partial charge >= 0.3 is 0 Å². The zero-order valence-corrected chi connectivity index (χ0v) is 10.7. The Morgan fingerprint density at radius 3 is 2.32 bits per heavy atom. The molecule has 96 valence electrons. The van der Waals surface area contributed by atoms with E-state index in [1.165, 1.54) is 30.3 Å². The van der Waals surface area contributed by atoms with Gasteiger partial charge in [0.05, 0.1) is 16.1 Å². The number of nitrogens with two attached hydrogens (primary N) is 1. The van der Waals surface area contributed by atoms with E-state index in [0.29, 0.717) is 5.69 Å². The number of nitrogens with one attached hydrogen (secondary N) is 1. The number of anilines is 2. The molecule has 3 N–H and O–H groups in total. The van der Waals surface area contributed by atoms with Gasteiger partial charge in [0, 0.05) is 5.69 Å². The molecule has 0 aromatic heterocycles. The highest BCUT2D eigenvalue weighted by Crippen LogP contribution is 2.19. The predicted octanol–water partition coefficient (Wildman–Crippen LogP) is 1.94. The highest BCUT2D eigenvalue weighted by molar-refractivity contribution is 7.92. The van der Waals surface area contributed by atoms with Crippen LogP contribution in [-0.4, -0.2) is 8.42 Å². The smallest absolute Gasteiger partial charge is 0.261 e. The largest absolute Gasteiger partial charge is 0.399 e. The number of hydrogen-bond donors (Lipinski definition) is 2. The van der Waals surface area contributed by atoms with E-state index < -0.39 is 10.0 Å². The van der Waals surface area contributed by atoms with Gasteiger partial charge < -0.3 is 5.73 Å². The van der Waals surface area contributed by atoms with Gasteiger partial charge in [0.15, 0.2) is 0 Å². The molecular weight excluding hydrogens is 262 g/mol. The van der Waals surface area contributed by atoms with Crippen molar-refractivity contribution >= 4 is 21.4 Å². The monoisotopic (exact) mass is 273 g/mol. The average Bonchev–Trinajstić information content (AvgIpc) is 2.39. The first-order chi connectivity index (χ1) is 9.03. The van der Waals surface area contributed by atoms with Crippen molar-refractivity contribution in [3.05, 3.63) is 54.1 Å². The fourth-order valence-corrected chi connectivity index (χ4v) is 2.60. The second-order valence-electron chi connectivity index (χ2n) is 3.83. The van der Waals surface area contributed by atoms with Gasteiger partial charge in [-0.05, 0) is 36.4 Å². The van der Waals surface area contributed by atoms with Crippen molar-refractivity contribution in [3.63, 3.8) is 0 Å². The summed E-state index contributed by atoms with van der Waals surface area (Å²) < 4.78 is 26.6. The Bertz CT molecular complexity index is 731. The second-order valence-corrected chi connectivity index (χ2v) is 5.51. The zero-order valence-electron chi connectivity index (χ0n) is 9.87. The summed E-state index contributed by atoms with van der Waals surface area (Å²) in [7, 11) is -3.72. The van der Waals surface area contributed by atoms with Gasteiger partial charge in [-0.2, -0.15) is 5.26 Å². The molecule has 0 heterocycles. The Balaban J connectivity index is 2.37. The van der Waals surface area contributed by atoms with Gasteiger partial charge in [-0.25, -0.2) is 8.42 Å². The maximum absolute atomic E-state index is 12.1. The molecule has 0 saturated heterocycles. The van der Waals surface area contributed by atoms with Crippen LogP contribution >= 0.6 is 0 Å². The standard InChI is InChI=1S/C13H11N3O2S/c14-9-10-3-1-2-4-13(10)16-19(17,18)12-7-5-11(15)6-8-12/h1-8,16H,15H2. The third-order valence-corrected chi connectivity index (χ3v) is 3.86. The molecule has 5 nitrogen and oxygen atoms in total. The van der Waals surface area contributed by atoms with Crippen LogP contribution in [0, 0.1) is 11.3 Å². The molecule has 0 atom stereocenters. The van der Waals surface area contributed by atoms with Gasteiger partial charge in [-0.1, -0.05) is 12.1 Å². The summed E-state index contributed by atoms with van der Waals surface area (Å²) in [5.41, 5.74) is 6.51. The molecule has 0 spiro atoms. The van der Waals surface area contributed by atoms with E-state index in [4.69, 9.17) is 11.0 Å². The highest BCUT2D eigenvalue weighted by Gasteiger charge is 2.15. The molecule has 0 aliphatic carbocycles. The van der Waals surface area contributed by atoms with Crippen molar-refractivity contribution in [3.8, 4) is 6.07 Å². The van der Waals surface area contributed by atoms with E-state index in [-0.39, 0.29) is 16.1 Å².